The van der Waals surface area contributed by atoms with E-state index in [-0.39, 0.29) is 31.5 Å². The highest BCUT2D eigenvalue weighted by molar-refractivity contribution is 5.95. The molecule has 1 N–H and O–H groups in total. The van der Waals surface area contributed by atoms with Gasteiger partial charge in [0.1, 0.15) is 12.2 Å². The van der Waals surface area contributed by atoms with Crippen molar-refractivity contribution >= 4 is 11.8 Å². The normalized spacial score (nSPS) is 20.4. The topological polar surface area (TPSA) is 82.1 Å². The molecule has 6 nitrogen and oxygen atoms in total. The number of Topliss-reactive ketones (excluding diaryl/α,β-unsaturated/α-hetero) is 1. The smallest absolute Gasteiger partial charge is 0.313 e. The third-order valence-electron chi connectivity index (χ3n) is 2.96. The Balaban J connectivity index is 2.13. The van der Waals surface area contributed by atoms with Gasteiger partial charge >= 0.3 is 5.97 Å². The zero-order valence-corrected chi connectivity index (χ0v) is 12.5. The van der Waals surface area contributed by atoms with Crippen LogP contribution in [0.1, 0.15) is 39.0 Å². The van der Waals surface area contributed by atoms with Crippen molar-refractivity contribution < 1.29 is 28.9 Å². The van der Waals surface area contributed by atoms with E-state index in [1.165, 1.54) is 6.08 Å². The van der Waals surface area contributed by atoms with Gasteiger partial charge < -0.3 is 19.3 Å². The molecule has 0 aromatic rings. The predicted molar refractivity (Wildman–Crippen MR) is 75.6 cm³/mol. The standard InChI is InChI=1S/C15H24O6/c1-2-19-14(18)11-13(17)10-12(16)6-5-9-21-15-7-3-4-8-20-15/h5-6,12,15-16H,2-4,7-11H2,1H3. The number of rotatable bonds is 9. The number of aliphatic hydroxyl groups is 1. The molecule has 1 saturated heterocycles. The Hall–Kier alpha value is -1.24. The zero-order chi connectivity index (χ0) is 15.5. The summed E-state index contributed by atoms with van der Waals surface area (Å²) in [6.07, 6.45) is 4.70. The van der Waals surface area contributed by atoms with E-state index >= 15 is 0 Å². The van der Waals surface area contributed by atoms with Crippen LogP contribution in [-0.4, -0.2) is 49.1 Å². The molecule has 0 aromatic heterocycles. The molecule has 0 spiro atoms. The summed E-state index contributed by atoms with van der Waals surface area (Å²) in [6.45, 7) is 2.97. The lowest BCUT2D eigenvalue weighted by Crippen LogP contribution is -2.22. The van der Waals surface area contributed by atoms with Crippen molar-refractivity contribution in [3.8, 4) is 0 Å². The Kier molecular flexibility index (Phi) is 8.89. The second-order valence-electron chi connectivity index (χ2n) is 4.85. The SMILES string of the molecule is CCOC(=O)CC(=O)CC(O)C=CCOC1CCCCO1. The Bertz CT molecular complexity index is 346. The molecular formula is C15H24O6. The molecule has 6 heteroatoms. The summed E-state index contributed by atoms with van der Waals surface area (Å²) < 4.78 is 15.5. The highest BCUT2D eigenvalue weighted by Gasteiger charge is 2.14. The van der Waals surface area contributed by atoms with Crippen molar-refractivity contribution in [1.29, 1.82) is 0 Å². The first kappa shape index (κ1) is 17.8. The molecule has 0 aliphatic carbocycles. The second kappa shape index (κ2) is 10.5. The van der Waals surface area contributed by atoms with Crippen LogP contribution in [0.2, 0.25) is 0 Å². The average Bonchev–Trinajstić information content (AvgIpc) is 2.44. The number of hydrogen-bond donors (Lipinski definition) is 1. The first-order valence-corrected chi connectivity index (χ1v) is 7.37. The van der Waals surface area contributed by atoms with E-state index in [4.69, 9.17) is 9.47 Å². The summed E-state index contributed by atoms with van der Waals surface area (Å²) in [7, 11) is 0. The molecule has 1 aliphatic heterocycles. The molecule has 2 atom stereocenters. The Morgan fingerprint density at radius 1 is 1.43 bits per heavy atom. The number of ether oxygens (including phenoxy) is 3. The average molecular weight is 300 g/mol. The fourth-order valence-electron chi connectivity index (χ4n) is 1.96. The maximum absolute atomic E-state index is 11.5. The molecule has 1 fully saturated rings. The second-order valence-corrected chi connectivity index (χ2v) is 4.85. The largest absolute Gasteiger partial charge is 0.466 e. The van der Waals surface area contributed by atoms with E-state index in [9.17, 15) is 14.7 Å². The highest BCUT2D eigenvalue weighted by Crippen LogP contribution is 2.13. The van der Waals surface area contributed by atoms with Crippen molar-refractivity contribution in [2.45, 2.75) is 51.4 Å². The first-order chi connectivity index (χ1) is 10.1. The van der Waals surface area contributed by atoms with E-state index < -0.39 is 12.1 Å². The van der Waals surface area contributed by atoms with Gasteiger partial charge in [-0.2, -0.15) is 0 Å². The van der Waals surface area contributed by atoms with Crippen LogP contribution in [0.5, 0.6) is 0 Å². The maximum atomic E-state index is 11.5. The van der Waals surface area contributed by atoms with Gasteiger partial charge in [0.15, 0.2) is 6.29 Å². The lowest BCUT2D eigenvalue weighted by molar-refractivity contribution is -0.155. The minimum Gasteiger partial charge on any atom is -0.466 e. The van der Waals surface area contributed by atoms with Gasteiger partial charge in [-0.25, -0.2) is 0 Å². The van der Waals surface area contributed by atoms with Crippen LogP contribution in [0, 0.1) is 0 Å². The Morgan fingerprint density at radius 2 is 2.24 bits per heavy atom. The summed E-state index contributed by atoms with van der Waals surface area (Å²) >= 11 is 0. The summed E-state index contributed by atoms with van der Waals surface area (Å²) in [5.74, 6) is -0.904. The fourth-order valence-corrected chi connectivity index (χ4v) is 1.96. The quantitative estimate of drug-likeness (QED) is 0.393. The van der Waals surface area contributed by atoms with Crippen LogP contribution in [0.25, 0.3) is 0 Å². The molecule has 0 bridgehead atoms. The number of carbonyl (C=O) groups is 2. The first-order valence-electron chi connectivity index (χ1n) is 7.37. The maximum Gasteiger partial charge on any atom is 0.313 e. The van der Waals surface area contributed by atoms with Crippen molar-refractivity contribution in [1.82, 2.24) is 0 Å². The number of aliphatic hydroxyl groups excluding tert-OH is 1. The van der Waals surface area contributed by atoms with Gasteiger partial charge in [-0.05, 0) is 26.2 Å². The monoisotopic (exact) mass is 300 g/mol. The van der Waals surface area contributed by atoms with Gasteiger partial charge in [0.05, 0.1) is 19.3 Å². The molecule has 2 unspecified atom stereocenters. The molecule has 0 radical (unpaired) electrons. The van der Waals surface area contributed by atoms with Crippen LogP contribution >= 0.6 is 0 Å². The van der Waals surface area contributed by atoms with Crippen molar-refractivity contribution in [2.75, 3.05) is 19.8 Å². The minimum atomic E-state index is -0.914. The van der Waals surface area contributed by atoms with E-state index in [0.717, 1.165) is 25.9 Å². The third kappa shape index (κ3) is 8.60. The molecule has 1 rings (SSSR count). The lowest BCUT2D eigenvalue weighted by Gasteiger charge is -2.21. The summed E-state index contributed by atoms with van der Waals surface area (Å²) in [6, 6.07) is 0. The van der Waals surface area contributed by atoms with Crippen LogP contribution in [0.3, 0.4) is 0 Å². The summed E-state index contributed by atoms with van der Waals surface area (Å²) in [5.41, 5.74) is 0. The summed E-state index contributed by atoms with van der Waals surface area (Å²) in [5, 5.41) is 9.65. The highest BCUT2D eigenvalue weighted by atomic mass is 16.7. The van der Waals surface area contributed by atoms with Gasteiger partial charge in [0, 0.05) is 13.0 Å². The van der Waals surface area contributed by atoms with E-state index in [1.54, 1.807) is 13.0 Å². The van der Waals surface area contributed by atoms with Crippen LogP contribution in [-0.2, 0) is 23.8 Å². The number of esters is 1. The van der Waals surface area contributed by atoms with Gasteiger partial charge in [-0.1, -0.05) is 12.2 Å². The summed E-state index contributed by atoms with van der Waals surface area (Å²) in [4.78, 5) is 22.6. The van der Waals surface area contributed by atoms with Gasteiger partial charge in [-0.15, -0.1) is 0 Å². The number of hydrogen-bond acceptors (Lipinski definition) is 6. The predicted octanol–water partition coefficient (Wildman–Crippen LogP) is 1.36. The lowest BCUT2D eigenvalue weighted by atomic mass is 10.1. The molecule has 0 saturated carbocycles. The van der Waals surface area contributed by atoms with E-state index in [1.807, 2.05) is 0 Å². The van der Waals surface area contributed by atoms with Crippen molar-refractivity contribution in [3.63, 3.8) is 0 Å². The van der Waals surface area contributed by atoms with Crippen LogP contribution < -0.4 is 0 Å². The van der Waals surface area contributed by atoms with Gasteiger partial charge in [0.2, 0.25) is 0 Å². The Morgan fingerprint density at radius 3 is 2.90 bits per heavy atom. The van der Waals surface area contributed by atoms with Gasteiger partial charge in [0.25, 0.3) is 0 Å². The van der Waals surface area contributed by atoms with E-state index in [2.05, 4.69) is 4.74 Å². The molecule has 1 aliphatic rings. The molecule has 120 valence electrons. The van der Waals surface area contributed by atoms with Crippen molar-refractivity contribution in [3.05, 3.63) is 12.2 Å². The fraction of sp³-hybridized carbons (Fsp3) is 0.733. The van der Waals surface area contributed by atoms with Gasteiger partial charge in [-0.3, -0.25) is 9.59 Å². The molecule has 0 amide bonds. The molecular weight excluding hydrogens is 276 g/mol. The Labute approximate surface area is 125 Å². The van der Waals surface area contributed by atoms with E-state index in [0.29, 0.717) is 6.61 Å². The molecule has 1 heterocycles. The number of ketones is 1. The van der Waals surface area contributed by atoms with Crippen LogP contribution in [0.15, 0.2) is 12.2 Å². The van der Waals surface area contributed by atoms with Crippen molar-refractivity contribution in [2.24, 2.45) is 0 Å². The third-order valence-corrected chi connectivity index (χ3v) is 2.96. The zero-order valence-electron chi connectivity index (χ0n) is 12.5. The minimum absolute atomic E-state index is 0.102. The number of carbonyl (C=O) groups excluding carboxylic acids is 2. The molecule has 0 aromatic carbocycles. The van der Waals surface area contributed by atoms with Crippen LogP contribution in [0.4, 0.5) is 0 Å². The molecule has 21 heavy (non-hydrogen) atoms.